The van der Waals surface area contributed by atoms with Gasteiger partial charge in [-0.3, -0.25) is 4.98 Å². The summed E-state index contributed by atoms with van der Waals surface area (Å²) in [6.07, 6.45) is 3.53. The van der Waals surface area contributed by atoms with Crippen molar-refractivity contribution in [3.05, 3.63) is 30.1 Å². The molecule has 7 nitrogen and oxygen atoms in total. The van der Waals surface area contributed by atoms with Gasteiger partial charge in [0.1, 0.15) is 6.10 Å². The quantitative estimate of drug-likeness (QED) is 0.426. The van der Waals surface area contributed by atoms with Gasteiger partial charge in [0.05, 0.1) is 19.8 Å². The van der Waals surface area contributed by atoms with Crippen molar-refractivity contribution in [1.29, 1.82) is 0 Å². The fraction of sp³-hybridized carbons (Fsp3) is 0.667. The smallest absolute Gasteiger partial charge is 0.388 e. The zero-order valence-electron chi connectivity index (χ0n) is 14.1. The first kappa shape index (κ1) is 20.2. The number of aromatic nitrogens is 1. The minimum Gasteiger partial charge on any atom is -0.388 e. The van der Waals surface area contributed by atoms with Crippen LogP contribution < -0.4 is 0 Å². The van der Waals surface area contributed by atoms with Gasteiger partial charge in [-0.15, -0.1) is 0 Å². The maximum absolute atomic E-state index is 9.79. The number of hydrogen-bond acceptors (Lipinski definition) is 7. The molecule has 1 aromatic rings. The van der Waals surface area contributed by atoms with Crippen molar-refractivity contribution in [3.63, 3.8) is 0 Å². The van der Waals surface area contributed by atoms with Crippen LogP contribution in [0.5, 0.6) is 0 Å². The predicted molar refractivity (Wildman–Crippen MR) is 86.9 cm³/mol. The summed E-state index contributed by atoms with van der Waals surface area (Å²) in [4.78, 5) is 4.00. The van der Waals surface area contributed by atoms with E-state index in [1.165, 1.54) is 0 Å². The Bertz CT molecular complexity index is 396. The highest BCUT2D eigenvalue weighted by Gasteiger charge is 2.36. The maximum atomic E-state index is 9.79. The number of nitrogens with zero attached hydrogens (tertiary/aromatic N) is 1. The topological polar surface area (TPSA) is 79.3 Å². The molecule has 0 saturated heterocycles. The Kier molecular flexibility index (Phi) is 10.2. The molecule has 0 spiro atoms. The van der Waals surface area contributed by atoms with Crippen molar-refractivity contribution < 1.29 is 27.9 Å². The van der Waals surface area contributed by atoms with Crippen LogP contribution in [0.15, 0.2) is 24.5 Å². The summed E-state index contributed by atoms with van der Waals surface area (Å²) in [5, 5.41) is 9.79. The lowest BCUT2D eigenvalue weighted by Gasteiger charge is -2.24. The van der Waals surface area contributed by atoms with Gasteiger partial charge in [-0.2, -0.15) is 0 Å². The molecule has 0 bridgehead atoms. The van der Waals surface area contributed by atoms with Crippen LogP contribution in [0.2, 0.25) is 6.04 Å². The Morgan fingerprint density at radius 3 is 2.43 bits per heavy atom. The number of hydrogen-bond donors (Lipinski definition) is 1. The largest absolute Gasteiger partial charge is 0.500 e. The fourth-order valence-electron chi connectivity index (χ4n) is 2.01. The van der Waals surface area contributed by atoms with E-state index in [-0.39, 0.29) is 13.2 Å². The van der Waals surface area contributed by atoms with Gasteiger partial charge in [0.25, 0.3) is 0 Å². The predicted octanol–water partition coefficient (Wildman–Crippen LogP) is 1.24. The average Bonchev–Trinajstić information content (AvgIpc) is 2.59. The number of aliphatic hydroxyl groups excluding tert-OH is 1. The van der Waals surface area contributed by atoms with Crippen LogP contribution in [0.4, 0.5) is 0 Å². The van der Waals surface area contributed by atoms with Gasteiger partial charge in [0, 0.05) is 46.4 Å². The Morgan fingerprint density at radius 1 is 1.13 bits per heavy atom. The molecule has 1 unspecified atom stereocenters. The van der Waals surface area contributed by atoms with Gasteiger partial charge in [0.15, 0.2) is 0 Å². The highest BCUT2D eigenvalue weighted by Crippen LogP contribution is 2.14. The summed E-state index contributed by atoms with van der Waals surface area (Å²) in [7, 11) is 2.23. The van der Waals surface area contributed by atoms with E-state index in [1.807, 2.05) is 12.1 Å². The molecule has 132 valence electrons. The lowest BCUT2D eigenvalue weighted by atomic mass is 10.3. The van der Waals surface area contributed by atoms with Gasteiger partial charge in [0.2, 0.25) is 0 Å². The van der Waals surface area contributed by atoms with Crippen LogP contribution in [0, 0.1) is 0 Å². The third kappa shape index (κ3) is 7.98. The Labute approximate surface area is 138 Å². The first-order chi connectivity index (χ1) is 11.2. The van der Waals surface area contributed by atoms with Crippen molar-refractivity contribution in [3.8, 4) is 0 Å². The fourth-order valence-corrected chi connectivity index (χ4v) is 3.70. The van der Waals surface area contributed by atoms with E-state index >= 15 is 0 Å². The molecular weight excluding hydrogens is 318 g/mol. The van der Waals surface area contributed by atoms with E-state index in [4.69, 9.17) is 22.8 Å². The lowest BCUT2D eigenvalue weighted by Crippen LogP contribution is -2.42. The summed E-state index contributed by atoms with van der Waals surface area (Å²) < 4.78 is 26.8. The molecule has 1 atom stereocenters. The molecule has 1 aromatic heterocycles. The lowest BCUT2D eigenvalue weighted by molar-refractivity contribution is -0.0237. The van der Waals surface area contributed by atoms with Crippen LogP contribution in [0.25, 0.3) is 0 Å². The molecule has 8 heteroatoms. The van der Waals surface area contributed by atoms with Gasteiger partial charge < -0.3 is 27.9 Å². The number of pyridine rings is 1. The molecule has 0 aliphatic heterocycles. The van der Waals surface area contributed by atoms with E-state index in [2.05, 4.69) is 4.98 Å². The van der Waals surface area contributed by atoms with Crippen LogP contribution in [-0.4, -0.2) is 66.1 Å². The highest BCUT2D eigenvalue weighted by molar-refractivity contribution is 6.60. The normalized spacial score (nSPS) is 13.2. The summed E-state index contributed by atoms with van der Waals surface area (Å²) >= 11 is 0. The highest BCUT2D eigenvalue weighted by atomic mass is 28.4. The second-order valence-electron chi connectivity index (χ2n) is 5.00. The van der Waals surface area contributed by atoms with E-state index in [1.54, 1.807) is 33.7 Å². The maximum Gasteiger partial charge on any atom is 0.500 e. The van der Waals surface area contributed by atoms with E-state index < -0.39 is 14.9 Å². The molecule has 1 rings (SSSR count). The zero-order valence-corrected chi connectivity index (χ0v) is 15.1. The average molecular weight is 345 g/mol. The summed E-state index contributed by atoms with van der Waals surface area (Å²) in [5.41, 5.74) is 0.973. The minimum atomic E-state index is -2.53. The van der Waals surface area contributed by atoms with Gasteiger partial charge in [-0.25, -0.2) is 0 Å². The van der Waals surface area contributed by atoms with Crippen molar-refractivity contribution in [2.24, 2.45) is 0 Å². The SMILES string of the molecule is CO[Si](CCCOCC(O)COCc1cccnc1)(OC)OC. The first-order valence-electron chi connectivity index (χ1n) is 7.53. The van der Waals surface area contributed by atoms with Crippen LogP contribution >= 0.6 is 0 Å². The van der Waals surface area contributed by atoms with E-state index in [0.717, 1.165) is 12.0 Å². The van der Waals surface area contributed by atoms with Crippen LogP contribution in [0.1, 0.15) is 12.0 Å². The molecule has 1 N–H and O–H groups in total. The second kappa shape index (κ2) is 11.6. The molecular formula is C15H27NO6Si. The van der Waals surface area contributed by atoms with Crippen molar-refractivity contribution in [1.82, 2.24) is 4.98 Å². The van der Waals surface area contributed by atoms with Gasteiger partial charge >= 0.3 is 8.80 Å². The van der Waals surface area contributed by atoms with Crippen molar-refractivity contribution in [2.75, 3.05) is 41.2 Å². The summed E-state index contributed by atoms with van der Waals surface area (Å²) in [5.74, 6) is 0. The second-order valence-corrected chi connectivity index (χ2v) is 8.09. The van der Waals surface area contributed by atoms with Gasteiger partial charge in [-0.1, -0.05) is 6.07 Å². The molecule has 0 saturated carbocycles. The third-order valence-electron chi connectivity index (χ3n) is 3.32. The first-order valence-corrected chi connectivity index (χ1v) is 9.47. The molecule has 0 fully saturated rings. The van der Waals surface area contributed by atoms with Crippen molar-refractivity contribution in [2.45, 2.75) is 25.2 Å². The molecule has 0 aliphatic carbocycles. The van der Waals surface area contributed by atoms with Crippen LogP contribution in [0.3, 0.4) is 0 Å². The molecule has 0 aromatic carbocycles. The minimum absolute atomic E-state index is 0.224. The van der Waals surface area contributed by atoms with Gasteiger partial charge in [-0.05, 0) is 18.1 Å². The summed E-state index contributed by atoms with van der Waals surface area (Å²) in [6, 6.07) is 4.44. The Morgan fingerprint density at radius 2 is 1.83 bits per heavy atom. The third-order valence-corrected chi connectivity index (χ3v) is 6.15. The van der Waals surface area contributed by atoms with E-state index in [0.29, 0.717) is 19.3 Å². The zero-order chi connectivity index (χ0) is 17.0. The van der Waals surface area contributed by atoms with Crippen LogP contribution in [-0.2, 0) is 29.4 Å². The molecule has 0 radical (unpaired) electrons. The molecule has 0 aliphatic rings. The number of ether oxygens (including phenoxy) is 2. The number of aliphatic hydroxyl groups is 1. The Balaban J connectivity index is 2.06. The summed E-state index contributed by atoms with van der Waals surface area (Å²) in [6.45, 7) is 1.38. The molecule has 23 heavy (non-hydrogen) atoms. The Hall–Kier alpha value is -0.873. The standard InChI is InChI=1S/C15H27NO6Si/c1-18-23(19-2,20-3)9-5-8-21-12-15(17)13-22-11-14-6-4-7-16-10-14/h4,6-7,10,15,17H,5,8-9,11-13H2,1-3H3. The van der Waals surface area contributed by atoms with E-state index in [9.17, 15) is 5.11 Å². The monoisotopic (exact) mass is 345 g/mol. The number of rotatable bonds is 13. The molecule has 0 amide bonds. The van der Waals surface area contributed by atoms with Crippen molar-refractivity contribution >= 4 is 8.80 Å². The molecule has 1 heterocycles.